The van der Waals surface area contributed by atoms with Crippen LogP contribution >= 0.6 is 0 Å². The highest BCUT2D eigenvalue weighted by molar-refractivity contribution is 5.99. The first-order valence-electron chi connectivity index (χ1n) is 3.76. The van der Waals surface area contributed by atoms with Crippen molar-refractivity contribution in [1.82, 2.24) is 0 Å². The lowest BCUT2D eigenvalue weighted by atomic mass is 10.1. The van der Waals surface area contributed by atoms with E-state index in [0.29, 0.717) is 12.8 Å². The highest BCUT2D eigenvalue weighted by Crippen LogP contribution is 2.23. The average molecular weight is 151 g/mol. The van der Waals surface area contributed by atoms with Gasteiger partial charge in [0.25, 0.3) is 0 Å². The number of carbonyl (C=O) groups is 1. The van der Waals surface area contributed by atoms with Gasteiger partial charge in [0.15, 0.2) is 5.78 Å². The van der Waals surface area contributed by atoms with Crippen molar-refractivity contribution in [3.8, 4) is 0 Å². The van der Waals surface area contributed by atoms with E-state index in [-0.39, 0.29) is 11.8 Å². The number of hydrogen-bond acceptors (Lipinski definition) is 2. The van der Waals surface area contributed by atoms with Gasteiger partial charge in [0.05, 0.1) is 0 Å². The van der Waals surface area contributed by atoms with Crippen molar-refractivity contribution in [3.63, 3.8) is 0 Å². The second-order valence-electron chi connectivity index (χ2n) is 2.89. The van der Waals surface area contributed by atoms with Crippen molar-refractivity contribution in [2.24, 2.45) is 5.73 Å². The molecule has 0 saturated heterocycles. The van der Waals surface area contributed by atoms with Crippen LogP contribution in [0.3, 0.4) is 0 Å². The fourth-order valence-electron chi connectivity index (χ4n) is 1.34. The lowest BCUT2D eigenvalue weighted by Gasteiger charge is -2.00. The second-order valence-corrected chi connectivity index (χ2v) is 2.89. The van der Waals surface area contributed by atoms with Crippen LogP contribution in [0, 0.1) is 0 Å². The van der Waals surface area contributed by atoms with E-state index in [4.69, 9.17) is 5.73 Å². The summed E-state index contributed by atoms with van der Waals surface area (Å²) in [5, 5.41) is 0. The molecule has 0 radical (unpaired) electrons. The maximum Gasteiger partial charge on any atom is 0.161 e. The molecule has 0 amide bonds. The molecule has 1 rings (SSSR count). The predicted octanol–water partition coefficient (Wildman–Crippen LogP) is 1.18. The average Bonchev–Trinajstić information content (AvgIpc) is 2.17. The van der Waals surface area contributed by atoms with Gasteiger partial charge in [-0.25, -0.2) is 0 Å². The first kappa shape index (κ1) is 8.21. The lowest BCUT2D eigenvalue weighted by molar-refractivity contribution is -0.115. The highest BCUT2D eigenvalue weighted by Gasteiger charge is 2.25. The zero-order chi connectivity index (χ0) is 8.43. The quantitative estimate of drug-likeness (QED) is 0.602. The molecule has 1 aliphatic carbocycles. The SMILES string of the molecule is C=CCC1=C(C)C(N)CC1=O. The minimum Gasteiger partial charge on any atom is -0.324 e. The molecule has 0 fully saturated rings. The summed E-state index contributed by atoms with van der Waals surface area (Å²) < 4.78 is 0. The fraction of sp³-hybridized carbons (Fsp3) is 0.444. The van der Waals surface area contributed by atoms with Gasteiger partial charge >= 0.3 is 0 Å². The Hall–Kier alpha value is -0.890. The molecule has 0 heterocycles. The van der Waals surface area contributed by atoms with E-state index in [0.717, 1.165) is 11.1 Å². The van der Waals surface area contributed by atoms with Gasteiger partial charge in [-0.05, 0) is 24.5 Å². The molecule has 0 aromatic carbocycles. The molecule has 0 bridgehead atoms. The maximum absolute atomic E-state index is 11.2. The summed E-state index contributed by atoms with van der Waals surface area (Å²) in [5.74, 6) is 0.190. The molecule has 0 aromatic rings. The van der Waals surface area contributed by atoms with E-state index in [1.54, 1.807) is 6.08 Å². The van der Waals surface area contributed by atoms with Crippen LogP contribution < -0.4 is 5.73 Å². The highest BCUT2D eigenvalue weighted by atomic mass is 16.1. The molecule has 11 heavy (non-hydrogen) atoms. The minimum atomic E-state index is -0.0440. The van der Waals surface area contributed by atoms with Crippen LogP contribution in [0.4, 0.5) is 0 Å². The molecular weight excluding hydrogens is 138 g/mol. The summed E-state index contributed by atoms with van der Waals surface area (Å²) >= 11 is 0. The number of hydrogen-bond donors (Lipinski definition) is 1. The minimum absolute atomic E-state index is 0.0440. The standard InChI is InChI=1S/C9H13NO/c1-3-4-7-6(2)8(10)5-9(7)11/h3,8H,1,4-5,10H2,2H3. The van der Waals surface area contributed by atoms with E-state index in [1.165, 1.54) is 0 Å². The Balaban J connectivity index is 2.87. The van der Waals surface area contributed by atoms with Crippen LogP contribution in [0.5, 0.6) is 0 Å². The summed E-state index contributed by atoms with van der Waals surface area (Å²) in [4.78, 5) is 11.2. The molecule has 0 aromatic heterocycles. The zero-order valence-corrected chi connectivity index (χ0v) is 6.76. The molecule has 2 N–H and O–H groups in total. The number of allylic oxidation sites excluding steroid dienone is 2. The van der Waals surface area contributed by atoms with E-state index < -0.39 is 0 Å². The number of carbonyl (C=O) groups excluding carboxylic acids is 1. The van der Waals surface area contributed by atoms with E-state index in [2.05, 4.69) is 6.58 Å². The van der Waals surface area contributed by atoms with E-state index in [9.17, 15) is 4.79 Å². The van der Waals surface area contributed by atoms with Gasteiger partial charge in [-0.2, -0.15) is 0 Å². The Morgan fingerprint density at radius 1 is 1.82 bits per heavy atom. The van der Waals surface area contributed by atoms with Crippen LogP contribution in [0.1, 0.15) is 19.8 Å². The number of nitrogens with two attached hydrogens (primary N) is 1. The first-order valence-corrected chi connectivity index (χ1v) is 3.76. The Bertz CT molecular complexity index is 228. The summed E-state index contributed by atoms with van der Waals surface area (Å²) in [6.45, 7) is 5.52. The molecule has 2 heteroatoms. The Morgan fingerprint density at radius 3 is 2.82 bits per heavy atom. The largest absolute Gasteiger partial charge is 0.324 e. The second kappa shape index (κ2) is 3.01. The van der Waals surface area contributed by atoms with Crippen LogP contribution in [-0.4, -0.2) is 11.8 Å². The zero-order valence-electron chi connectivity index (χ0n) is 6.76. The molecular formula is C9H13NO. The molecule has 0 aliphatic heterocycles. The molecule has 2 nitrogen and oxygen atoms in total. The van der Waals surface area contributed by atoms with Gasteiger partial charge in [0.1, 0.15) is 0 Å². The van der Waals surface area contributed by atoms with Crippen molar-refractivity contribution in [2.75, 3.05) is 0 Å². The smallest absolute Gasteiger partial charge is 0.161 e. The van der Waals surface area contributed by atoms with Crippen LogP contribution in [-0.2, 0) is 4.79 Å². The van der Waals surface area contributed by atoms with Crippen molar-refractivity contribution in [2.45, 2.75) is 25.8 Å². The molecule has 1 unspecified atom stereocenters. The monoisotopic (exact) mass is 151 g/mol. The molecule has 1 aliphatic rings. The summed E-state index contributed by atoms with van der Waals surface area (Å²) in [6.07, 6.45) is 2.89. The van der Waals surface area contributed by atoms with Crippen LogP contribution in [0.15, 0.2) is 23.8 Å². The van der Waals surface area contributed by atoms with Crippen LogP contribution in [0.25, 0.3) is 0 Å². The third-order valence-corrected chi connectivity index (χ3v) is 2.12. The third kappa shape index (κ3) is 1.40. The van der Waals surface area contributed by atoms with Gasteiger partial charge in [0, 0.05) is 12.5 Å². The Labute approximate surface area is 66.8 Å². The van der Waals surface area contributed by atoms with Crippen molar-refractivity contribution in [3.05, 3.63) is 23.8 Å². The van der Waals surface area contributed by atoms with Gasteiger partial charge in [-0.1, -0.05) is 6.08 Å². The first-order chi connectivity index (χ1) is 5.16. The van der Waals surface area contributed by atoms with Crippen LogP contribution in [0.2, 0.25) is 0 Å². The van der Waals surface area contributed by atoms with E-state index in [1.807, 2.05) is 6.92 Å². The number of ketones is 1. The normalized spacial score (nSPS) is 24.5. The van der Waals surface area contributed by atoms with Crippen molar-refractivity contribution < 1.29 is 4.79 Å². The lowest BCUT2D eigenvalue weighted by Crippen LogP contribution is -2.18. The predicted molar refractivity (Wildman–Crippen MR) is 45.1 cm³/mol. The molecule has 0 saturated carbocycles. The summed E-state index contributed by atoms with van der Waals surface area (Å²) in [7, 11) is 0. The van der Waals surface area contributed by atoms with Gasteiger partial charge in [-0.3, -0.25) is 4.79 Å². The Morgan fingerprint density at radius 2 is 2.45 bits per heavy atom. The van der Waals surface area contributed by atoms with Gasteiger partial charge < -0.3 is 5.73 Å². The molecule has 1 atom stereocenters. The van der Waals surface area contributed by atoms with Crippen molar-refractivity contribution >= 4 is 5.78 Å². The van der Waals surface area contributed by atoms with Gasteiger partial charge in [-0.15, -0.1) is 6.58 Å². The van der Waals surface area contributed by atoms with E-state index >= 15 is 0 Å². The summed E-state index contributed by atoms with van der Waals surface area (Å²) in [6, 6.07) is -0.0440. The molecule has 0 spiro atoms. The summed E-state index contributed by atoms with van der Waals surface area (Å²) in [5.41, 5.74) is 7.58. The molecule has 60 valence electrons. The fourth-order valence-corrected chi connectivity index (χ4v) is 1.34. The Kier molecular flexibility index (Phi) is 2.25. The maximum atomic E-state index is 11.2. The third-order valence-electron chi connectivity index (χ3n) is 2.12. The topological polar surface area (TPSA) is 43.1 Å². The number of Topliss-reactive ketones (excluding diaryl/α,β-unsaturated/α-hetero) is 1. The van der Waals surface area contributed by atoms with Crippen molar-refractivity contribution in [1.29, 1.82) is 0 Å². The number of rotatable bonds is 2. The van der Waals surface area contributed by atoms with Gasteiger partial charge in [0.2, 0.25) is 0 Å².